The smallest absolute Gasteiger partial charge is 0.248 e. The molecule has 4 nitrogen and oxygen atoms in total. The highest BCUT2D eigenvalue weighted by atomic mass is 16.2. The molecule has 0 spiro atoms. The summed E-state index contributed by atoms with van der Waals surface area (Å²) < 4.78 is 0. The second-order valence-corrected chi connectivity index (χ2v) is 8.27. The predicted octanol–water partition coefficient (Wildman–Crippen LogP) is 2.08. The molecule has 116 valence electrons. The highest BCUT2D eigenvalue weighted by molar-refractivity contribution is 5.98. The van der Waals surface area contributed by atoms with Crippen LogP contribution < -0.4 is 5.32 Å². The van der Waals surface area contributed by atoms with E-state index in [1.165, 1.54) is 19.3 Å². The number of hydrogen-bond acceptors (Lipinski definition) is 2. The maximum Gasteiger partial charge on any atom is 0.248 e. The molecule has 4 saturated carbocycles. The molecule has 21 heavy (non-hydrogen) atoms. The fourth-order valence-electron chi connectivity index (χ4n) is 5.93. The van der Waals surface area contributed by atoms with Gasteiger partial charge in [0.15, 0.2) is 0 Å². The van der Waals surface area contributed by atoms with Crippen LogP contribution in [0.1, 0.15) is 58.8 Å². The first-order valence-electron chi connectivity index (χ1n) is 8.57. The molecule has 1 saturated heterocycles. The highest BCUT2D eigenvalue weighted by Crippen LogP contribution is 2.58. The number of piperazine rings is 1. The average Bonchev–Trinajstić information content (AvgIpc) is 2.41. The number of hydrogen-bond donors (Lipinski definition) is 1. The van der Waals surface area contributed by atoms with Crippen molar-refractivity contribution in [1.82, 2.24) is 10.2 Å². The molecule has 4 heteroatoms. The maximum absolute atomic E-state index is 13.1. The molecule has 4 aliphatic carbocycles. The summed E-state index contributed by atoms with van der Waals surface area (Å²) in [7, 11) is 0. The van der Waals surface area contributed by atoms with E-state index in [-0.39, 0.29) is 23.9 Å². The third-order valence-electron chi connectivity index (χ3n) is 6.72. The van der Waals surface area contributed by atoms with Crippen molar-refractivity contribution in [3.05, 3.63) is 0 Å². The Balaban J connectivity index is 1.68. The van der Waals surface area contributed by atoms with Crippen LogP contribution in [0, 0.1) is 17.8 Å². The summed E-state index contributed by atoms with van der Waals surface area (Å²) in [6, 6.07) is 0. The minimum Gasteiger partial charge on any atom is -0.340 e. The van der Waals surface area contributed by atoms with Crippen molar-refractivity contribution in [2.24, 2.45) is 17.8 Å². The van der Waals surface area contributed by atoms with Crippen molar-refractivity contribution in [1.29, 1.82) is 0 Å². The molecule has 4 bridgehead atoms. The zero-order valence-corrected chi connectivity index (χ0v) is 13.2. The van der Waals surface area contributed by atoms with Crippen molar-refractivity contribution in [3.8, 4) is 0 Å². The van der Waals surface area contributed by atoms with Crippen LogP contribution in [0.5, 0.6) is 0 Å². The van der Waals surface area contributed by atoms with Gasteiger partial charge in [0.1, 0.15) is 12.1 Å². The van der Waals surface area contributed by atoms with Gasteiger partial charge < -0.3 is 10.2 Å². The summed E-state index contributed by atoms with van der Waals surface area (Å²) in [5, 5.41) is 2.92. The van der Waals surface area contributed by atoms with Crippen LogP contribution in [0.3, 0.4) is 0 Å². The van der Waals surface area contributed by atoms with Gasteiger partial charge in [-0.1, -0.05) is 6.92 Å². The topological polar surface area (TPSA) is 49.4 Å². The van der Waals surface area contributed by atoms with E-state index in [1.54, 1.807) is 0 Å². The van der Waals surface area contributed by atoms with Crippen molar-refractivity contribution in [3.63, 3.8) is 0 Å². The molecule has 2 amide bonds. The van der Waals surface area contributed by atoms with Gasteiger partial charge in [-0.05, 0) is 69.6 Å². The van der Waals surface area contributed by atoms with Gasteiger partial charge in [-0.2, -0.15) is 0 Å². The molecular formula is C17H26N2O2. The first kappa shape index (κ1) is 13.6. The molecular weight excluding hydrogens is 264 g/mol. The van der Waals surface area contributed by atoms with Crippen LogP contribution in [0.2, 0.25) is 0 Å². The van der Waals surface area contributed by atoms with E-state index >= 15 is 0 Å². The van der Waals surface area contributed by atoms with Crippen molar-refractivity contribution < 1.29 is 9.59 Å². The van der Waals surface area contributed by atoms with E-state index in [0.717, 1.165) is 37.0 Å². The van der Waals surface area contributed by atoms with E-state index in [9.17, 15) is 9.59 Å². The van der Waals surface area contributed by atoms with Gasteiger partial charge >= 0.3 is 0 Å². The van der Waals surface area contributed by atoms with Gasteiger partial charge in [-0.15, -0.1) is 0 Å². The van der Waals surface area contributed by atoms with Gasteiger partial charge in [0.05, 0.1) is 0 Å². The summed E-state index contributed by atoms with van der Waals surface area (Å²) >= 11 is 0. The Bertz CT molecular complexity index is 466. The number of rotatable bonds is 2. The van der Waals surface area contributed by atoms with Gasteiger partial charge in [-0.3, -0.25) is 9.59 Å². The number of nitrogens with zero attached hydrogens (tertiary/aromatic N) is 1. The number of nitrogens with one attached hydrogen (secondary N) is 1. The van der Waals surface area contributed by atoms with Gasteiger partial charge in [-0.25, -0.2) is 0 Å². The van der Waals surface area contributed by atoms with Gasteiger partial charge in [0.2, 0.25) is 11.8 Å². The first-order chi connectivity index (χ1) is 9.94. The summed E-state index contributed by atoms with van der Waals surface area (Å²) in [6.45, 7) is 4.15. The van der Waals surface area contributed by atoms with Crippen LogP contribution >= 0.6 is 0 Å². The molecule has 1 N–H and O–H groups in total. The highest BCUT2D eigenvalue weighted by Gasteiger charge is 2.57. The normalized spacial score (nSPS) is 48.7. The molecule has 0 aromatic carbocycles. The average molecular weight is 290 g/mol. The SMILES string of the molecule is CCC1(C)NC(=O)CN(C23CC4CC(CC(C4)C2)C3)C1=O. The molecule has 1 atom stereocenters. The van der Waals surface area contributed by atoms with Crippen LogP contribution in [0.4, 0.5) is 0 Å². The quantitative estimate of drug-likeness (QED) is 0.846. The van der Waals surface area contributed by atoms with E-state index in [2.05, 4.69) is 5.32 Å². The lowest BCUT2D eigenvalue weighted by atomic mass is 9.52. The fourth-order valence-corrected chi connectivity index (χ4v) is 5.93. The lowest BCUT2D eigenvalue weighted by Gasteiger charge is -2.62. The summed E-state index contributed by atoms with van der Waals surface area (Å²) in [5.41, 5.74) is -0.696. The lowest BCUT2D eigenvalue weighted by molar-refractivity contribution is -0.167. The molecule has 0 aromatic heterocycles. The van der Waals surface area contributed by atoms with E-state index in [4.69, 9.17) is 0 Å². The predicted molar refractivity (Wildman–Crippen MR) is 79.5 cm³/mol. The Labute approximate surface area is 126 Å². The van der Waals surface area contributed by atoms with E-state index in [0.29, 0.717) is 6.42 Å². The van der Waals surface area contributed by atoms with Crippen molar-refractivity contribution in [2.45, 2.75) is 69.9 Å². The number of carbonyl (C=O) groups is 2. The molecule has 5 aliphatic rings. The monoisotopic (exact) mass is 290 g/mol. The fraction of sp³-hybridized carbons (Fsp3) is 0.882. The van der Waals surface area contributed by atoms with Gasteiger partial charge in [0, 0.05) is 5.54 Å². The molecule has 0 aromatic rings. The summed E-state index contributed by atoms with van der Waals surface area (Å²) in [6.07, 6.45) is 8.16. The molecule has 5 rings (SSSR count). The Morgan fingerprint density at radius 3 is 2.10 bits per heavy atom. The first-order valence-corrected chi connectivity index (χ1v) is 8.57. The Hall–Kier alpha value is -1.06. The Kier molecular flexibility index (Phi) is 2.74. The molecule has 0 radical (unpaired) electrons. The molecule has 1 aliphatic heterocycles. The van der Waals surface area contributed by atoms with Crippen molar-refractivity contribution >= 4 is 11.8 Å². The Morgan fingerprint density at radius 1 is 1.10 bits per heavy atom. The van der Waals surface area contributed by atoms with Crippen molar-refractivity contribution in [2.75, 3.05) is 6.54 Å². The minimum absolute atomic E-state index is 0.0000231. The van der Waals surface area contributed by atoms with Crippen LogP contribution in [-0.4, -0.2) is 34.3 Å². The maximum atomic E-state index is 13.1. The lowest BCUT2D eigenvalue weighted by Crippen LogP contribution is -2.72. The van der Waals surface area contributed by atoms with E-state index < -0.39 is 5.54 Å². The third kappa shape index (κ3) is 1.87. The zero-order chi connectivity index (χ0) is 14.8. The van der Waals surface area contributed by atoms with Crippen LogP contribution in [-0.2, 0) is 9.59 Å². The zero-order valence-electron chi connectivity index (χ0n) is 13.2. The minimum atomic E-state index is -0.696. The van der Waals surface area contributed by atoms with Crippen LogP contribution in [0.25, 0.3) is 0 Å². The number of amides is 2. The molecule has 1 unspecified atom stereocenters. The second-order valence-electron chi connectivity index (χ2n) is 8.27. The second kappa shape index (κ2) is 4.23. The molecule has 1 heterocycles. The van der Waals surface area contributed by atoms with Crippen LogP contribution in [0.15, 0.2) is 0 Å². The standard InChI is InChI=1S/C17H26N2O2/c1-3-16(2)15(21)19(10-14(20)18-16)17-7-11-4-12(8-17)6-13(5-11)9-17/h11-13H,3-10H2,1-2H3,(H,18,20). The summed E-state index contributed by atoms with van der Waals surface area (Å²) in [4.78, 5) is 27.2. The van der Waals surface area contributed by atoms with Gasteiger partial charge in [0.25, 0.3) is 0 Å². The number of carbonyl (C=O) groups excluding carboxylic acids is 2. The third-order valence-corrected chi connectivity index (χ3v) is 6.72. The largest absolute Gasteiger partial charge is 0.340 e. The van der Waals surface area contributed by atoms with E-state index in [1.807, 2.05) is 18.7 Å². The Morgan fingerprint density at radius 2 is 1.62 bits per heavy atom. The summed E-state index contributed by atoms with van der Waals surface area (Å²) in [5.74, 6) is 2.56. The molecule has 5 fully saturated rings.